The van der Waals surface area contributed by atoms with Crippen molar-refractivity contribution in [3.63, 3.8) is 0 Å². The molecule has 2 aromatic heterocycles. The number of thioether (sulfide) groups is 1. The zero-order chi connectivity index (χ0) is 13.2. The first-order valence-corrected chi connectivity index (χ1v) is 7.84. The van der Waals surface area contributed by atoms with Gasteiger partial charge in [0.25, 0.3) is 5.91 Å². The van der Waals surface area contributed by atoms with E-state index in [0.717, 1.165) is 23.0 Å². The lowest BCUT2D eigenvalue weighted by atomic mass is 9.80. The highest BCUT2D eigenvalue weighted by Crippen LogP contribution is 2.34. The van der Waals surface area contributed by atoms with Crippen molar-refractivity contribution < 1.29 is 4.79 Å². The summed E-state index contributed by atoms with van der Waals surface area (Å²) in [6, 6.07) is 0.191. The molecule has 100 valence electrons. The van der Waals surface area contributed by atoms with Crippen molar-refractivity contribution in [3.05, 3.63) is 16.9 Å². The fraction of sp³-hybridized carbons (Fsp3) is 0.500. The first-order chi connectivity index (χ1) is 9.26. The lowest BCUT2D eigenvalue weighted by Crippen LogP contribution is -2.43. The number of tetrazole rings is 1. The van der Waals surface area contributed by atoms with Gasteiger partial charge in [0.2, 0.25) is 0 Å². The largest absolute Gasteiger partial charge is 0.349 e. The number of thiazole rings is 1. The first kappa shape index (κ1) is 12.5. The van der Waals surface area contributed by atoms with Gasteiger partial charge in [0.05, 0.1) is 6.20 Å². The van der Waals surface area contributed by atoms with Gasteiger partial charge in [-0.1, -0.05) is 17.0 Å². The Morgan fingerprint density at radius 3 is 3.05 bits per heavy atom. The number of nitrogens with one attached hydrogen (secondary N) is 2. The molecule has 1 fully saturated rings. The SMILES string of the molecule is CSc1ncc(C(=O)NC2CC(c3nn[nH]n3)C2)s1. The van der Waals surface area contributed by atoms with E-state index in [1.54, 1.807) is 18.0 Å². The Morgan fingerprint density at radius 2 is 2.42 bits per heavy atom. The number of rotatable bonds is 4. The molecule has 2 N–H and O–H groups in total. The van der Waals surface area contributed by atoms with Crippen molar-refractivity contribution in [1.29, 1.82) is 0 Å². The smallest absolute Gasteiger partial charge is 0.263 e. The molecule has 1 amide bonds. The molecule has 0 aromatic carbocycles. The van der Waals surface area contributed by atoms with Crippen LogP contribution < -0.4 is 5.32 Å². The highest BCUT2D eigenvalue weighted by atomic mass is 32.2. The lowest BCUT2D eigenvalue weighted by molar-refractivity contribution is 0.0911. The van der Waals surface area contributed by atoms with Gasteiger partial charge in [-0.25, -0.2) is 4.98 Å². The van der Waals surface area contributed by atoms with E-state index < -0.39 is 0 Å². The maximum absolute atomic E-state index is 12.0. The fourth-order valence-electron chi connectivity index (χ4n) is 2.00. The molecule has 2 aromatic rings. The van der Waals surface area contributed by atoms with Crippen LogP contribution in [0, 0.1) is 0 Å². The van der Waals surface area contributed by atoms with E-state index in [4.69, 9.17) is 0 Å². The summed E-state index contributed by atoms with van der Waals surface area (Å²) in [6.07, 6.45) is 5.29. The van der Waals surface area contributed by atoms with Gasteiger partial charge in [0.1, 0.15) is 9.22 Å². The minimum absolute atomic E-state index is 0.0469. The van der Waals surface area contributed by atoms with Crippen LogP contribution in [0.25, 0.3) is 0 Å². The van der Waals surface area contributed by atoms with E-state index >= 15 is 0 Å². The summed E-state index contributed by atoms with van der Waals surface area (Å²) in [5, 5.41) is 16.9. The number of aromatic amines is 1. The van der Waals surface area contributed by atoms with Crippen molar-refractivity contribution in [1.82, 2.24) is 30.9 Å². The molecule has 0 spiro atoms. The van der Waals surface area contributed by atoms with E-state index in [2.05, 4.69) is 30.9 Å². The van der Waals surface area contributed by atoms with Crippen molar-refractivity contribution >= 4 is 29.0 Å². The highest BCUT2D eigenvalue weighted by molar-refractivity contribution is 8.00. The molecule has 7 nitrogen and oxygen atoms in total. The number of nitrogens with zero attached hydrogens (tertiary/aromatic N) is 4. The molecular formula is C10H12N6OS2. The van der Waals surface area contributed by atoms with Gasteiger partial charge < -0.3 is 5.32 Å². The number of hydrogen-bond acceptors (Lipinski definition) is 7. The summed E-state index contributed by atoms with van der Waals surface area (Å²) in [5.74, 6) is 0.981. The van der Waals surface area contributed by atoms with Crippen LogP contribution in [0.15, 0.2) is 10.5 Å². The van der Waals surface area contributed by atoms with Gasteiger partial charge in [0.15, 0.2) is 5.82 Å². The first-order valence-electron chi connectivity index (χ1n) is 5.80. The molecule has 0 bridgehead atoms. The molecule has 2 heterocycles. The summed E-state index contributed by atoms with van der Waals surface area (Å²) >= 11 is 2.96. The third kappa shape index (κ3) is 2.61. The van der Waals surface area contributed by atoms with Crippen LogP contribution in [0.1, 0.15) is 34.3 Å². The average molecular weight is 296 g/mol. The van der Waals surface area contributed by atoms with Crippen LogP contribution >= 0.6 is 23.1 Å². The number of carbonyl (C=O) groups excluding carboxylic acids is 1. The second-order valence-electron chi connectivity index (χ2n) is 4.30. The van der Waals surface area contributed by atoms with E-state index in [1.165, 1.54) is 11.3 Å². The second kappa shape index (κ2) is 5.25. The summed E-state index contributed by atoms with van der Waals surface area (Å²) in [6.45, 7) is 0. The van der Waals surface area contributed by atoms with Crippen LogP contribution in [0.3, 0.4) is 0 Å². The Hall–Kier alpha value is -1.48. The quantitative estimate of drug-likeness (QED) is 0.819. The topological polar surface area (TPSA) is 96.5 Å². The number of H-pyrrole nitrogens is 1. The Labute approximate surface area is 117 Å². The maximum atomic E-state index is 12.0. The van der Waals surface area contributed by atoms with Crippen molar-refractivity contribution in [2.24, 2.45) is 0 Å². The van der Waals surface area contributed by atoms with Crippen LogP contribution in [-0.2, 0) is 0 Å². The monoisotopic (exact) mass is 296 g/mol. The van der Waals surface area contributed by atoms with Crippen molar-refractivity contribution in [2.75, 3.05) is 6.26 Å². The molecule has 1 aliphatic rings. The molecule has 9 heteroatoms. The summed E-state index contributed by atoms with van der Waals surface area (Å²) < 4.78 is 0.906. The predicted molar refractivity (Wildman–Crippen MR) is 71.3 cm³/mol. The van der Waals surface area contributed by atoms with Crippen LogP contribution in [0.5, 0.6) is 0 Å². The van der Waals surface area contributed by atoms with Gasteiger partial charge in [-0.2, -0.15) is 5.21 Å². The minimum Gasteiger partial charge on any atom is -0.349 e. The number of hydrogen-bond donors (Lipinski definition) is 2. The van der Waals surface area contributed by atoms with Crippen molar-refractivity contribution in [3.8, 4) is 0 Å². The molecule has 1 aliphatic carbocycles. The van der Waals surface area contributed by atoms with E-state index in [1.807, 2.05) is 6.26 Å². The maximum Gasteiger partial charge on any atom is 0.263 e. The van der Waals surface area contributed by atoms with E-state index in [-0.39, 0.29) is 11.9 Å². The van der Waals surface area contributed by atoms with Gasteiger partial charge in [-0.15, -0.1) is 21.5 Å². The highest BCUT2D eigenvalue weighted by Gasteiger charge is 2.34. The number of carbonyl (C=O) groups is 1. The molecule has 0 atom stereocenters. The van der Waals surface area contributed by atoms with E-state index in [9.17, 15) is 4.79 Å². The minimum atomic E-state index is -0.0469. The normalized spacial score (nSPS) is 21.9. The molecule has 0 unspecified atom stereocenters. The Morgan fingerprint density at radius 1 is 1.58 bits per heavy atom. The molecule has 19 heavy (non-hydrogen) atoms. The Balaban J connectivity index is 1.52. The standard InChI is InChI=1S/C10H12N6OS2/c1-18-10-11-4-7(19-10)9(17)12-6-2-5(3-6)8-13-15-16-14-8/h4-6H,2-3H2,1H3,(H,12,17)(H,13,14,15,16). The summed E-state index contributed by atoms with van der Waals surface area (Å²) in [4.78, 5) is 16.8. The molecule has 0 aliphatic heterocycles. The third-order valence-electron chi connectivity index (χ3n) is 3.08. The summed E-state index contributed by atoms with van der Waals surface area (Å²) in [5.41, 5.74) is 0. The number of aromatic nitrogens is 5. The predicted octanol–water partition coefficient (Wildman–Crippen LogP) is 1.05. The van der Waals surface area contributed by atoms with Crippen LogP contribution in [-0.4, -0.2) is 43.8 Å². The molecule has 0 saturated heterocycles. The van der Waals surface area contributed by atoms with Gasteiger partial charge >= 0.3 is 0 Å². The molecule has 1 saturated carbocycles. The summed E-state index contributed by atoms with van der Waals surface area (Å²) in [7, 11) is 0. The zero-order valence-electron chi connectivity index (χ0n) is 10.2. The van der Waals surface area contributed by atoms with Crippen molar-refractivity contribution in [2.45, 2.75) is 29.1 Å². The van der Waals surface area contributed by atoms with Crippen LogP contribution in [0.4, 0.5) is 0 Å². The fourth-order valence-corrected chi connectivity index (χ4v) is 3.31. The average Bonchev–Trinajstić information content (AvgIpc) is 3.03. The number of amides is 1. The lowest BCUT2D eigenvalue weighted by Gasteiger charge is -2.33. The molecule has 3 rings (SSSR count). The van der Waals surface area contributed by atoms with Gasteiger partial charge in [-0.3, -0.25) is 4.79 Å². The zero-order valence-corrected chi connectivity index (χ0v) is 11.8. The Bertz CT molecular complexity index is 562. The van der Waals surface area contributed by atoms with Crippen LogP contribution in [0.2, 0.25) is 0 Å². The second-order valence-corrected chi connectivity index (χ2v) is 6.39. The van der Waals surface area contributed by atoms with Gasteiger partial charge in [0, 0.05) is 12.0 Å². The van der Waals surface area contributed by atoms with E-state index in [0.29, 0.717) is 10.8 Å². The molecule has 0 radical (unpaired) electrons. The third-order valence-corrected chi connectivity index (χ3v) is 5.08. The Kier molecular flexibility index (Phi) is 3.47. The van der Waals surface area contributed by atoms with Gasteiger partial charge in [-0.05, 0) is 19.1 Å². The molecular weight excluding hydrogens is 284 g/mol.